The van der Waals surface area contributed by atoms with Crippen molar-refractivity contribution in [3.63, 3.8) is 0 Å². The largest absolute Gasteiger partial charge is 0.379 e. The van der Waals surface area contributed by atoms with Crippen molar-refractivity contribution in [3.05, 3.63) is 12.4 Å². The fourth-order valence-electron chi connectivity index (χ4n) is 2.38. The van der Waals surface area contributed by atoms with Gasteiger partial charge in [-0.3, -0.25) is 4.90 Å². The Morgan fingerprint density at radius 1 is 1.37 bits per heavy atom. The lowest BCUT2D eigenvalue weighted by atomic mass is 10.1. The number of aromatic nitrogens is 2. The standard InChI is InChI=1S/C12H21N3O3S/c1-11(9-14-5-7-18-8-6-14)10-15-4-3-13-12(15)19(2,16)17/h3-4,11H,5-10H2,1-2H3. The van der Waals surface area contributed by atoms with Crippen LogP contribution in [0, 0.1) is 5.92 Å². The van der Waals surface area contributed by atoms with Crippen LogP contribution in [0.5, 0.6) is 0 Å². The predicted octanol–water partition coefficient (Wildman–Crippen LogP) is 0.255. The molecule has 0 amide bonds. The van der Waals surface area contributed by atoms with Crippen molar-refractivity contribution in [1.29, 1.82) is 0 Å². The van der Waals surface area contributed by atoms with Gasteiger partial charge in [0.15, 0.2) is 0 Å². The normalized spacial score (nSPS) is 19.5. The molecule has 7 heteroatoms. The van der Waals surface area contributed by atoms with Gasteiger partial charge >= 0.3 is 0 Å². The molecule has 0 aromatic carbocycles. The lowest BCUT2D eigenvalue weighted by Gasteiger charge is -2.29. The van der Waals surface area contributed by atoms with Crippen molar-refractivity contribution in [3.8, 4) is 0 Å². The summed E-state index contributed by atoms with van der Waals surface area (Å²) in [6, 6.07) is 0. The van der Waals surface area contributed by atoms with Gasteiger partial charge in [-0.05, 0) is 5.92 Å². The third-order valence-corrected chi connectivity index (χ3v) is 4.19. The van der Waals surface area contributed by atoms with Crippen molar-refractivity contribution in [2.24, 2.45) is 5.92 Å². The first-order valence-electron chi connectivity index (χ1n) is 6.48. The summed E-state index contributed by atoms with van der Waals surface area (Å²) in [7, 11) is -3.25. The minimum absolute atomic E-state index is 0.154. The number of hydrogen-bond donors (Lipinski definition) is 0. The Labute approximate surface area is 114 Å². The second kappa shape index (κ2) is 6.02. The minimum Gasteiger partial charge on any atom is -0.379 e. The molecule has 0 saturated carbocycles. The van der Waals surface area contributed by atoms with Crippen LogP contribution >= 0.6 is 0 Å². The van der Waals surface area contributed by atoms with E-state index in [1.54, 1.807) is 10.8 Å². The van der Waals surface area contributed by atoms with Crippen LogP contribution in [-0.2, 0) is 21.1 Å². The van der Waals surface area contributed by atoms with Gasteiger partial charge in [0.25, 0.3) is 0 Å². The molecule has 0 spiro atoms. The molecule has 1 fully saturated rings. The average Bonchev–Trinajstić information content (AvgIpc) is 2.78. The molecule has 1 aliphatic rings. The van der Waals surface area contributed by atoms with Gasteiger partial charge in [0.1, 0.15) is 0 Å². The number of imidazole rings is 1. The highest BCUT2D eigenvalue weighted by molar-refractivity contribution is 7.90. The molecule has 0 radical (unpaired) electrons. The van der Waals surface area contributed by atoms with Crippen LogP contribution in [0.15, 0.2) is 17.6 Å². The van der Waals surface area contributed by atoms with Gasteiger partial charge in [-0.1, -0.05) is 6.92 Å². The maximum absolute atomic E-state index is 11.6. The van der Waals surface area contributed by atoms with E-state index in [1.165, 1.54) is 12.5 Å². The van der Waals surface area contributed by atoms with Crippen LogP contribution in [0.4, 0.5) is 0 Å². The van der Waals surface area contributed by atoms with Gasteiger partial charge in [0, 0.05) is 44.8 Å². The zero-order valence-electron chi connectivity index (χ0n) is 11.4. The molecule has 19 heavy (non-hydrogen) atoms. The topological polar surface area (TPSA) is 64.4 Å². The van der Waals surface area contributed by atoms with E-state index in [4.69, 9.17) is 4.74 Å². The fourth-order valence-corrected chi connectivity index (χ4v) is 3.19. The van der Waals surface area contributed by atoms with Crippen LogP contribution in [0.1, 0.15) is 6.92 Å². The van der Waals surface area contributed by atoms with Gasteiger partial charge in [-0.25, -0.2) is 13.4 Å². The zero-order chi connectivity index (χ0) is 13.9. The Bertz CT molecular complexity index is 506. The maximum Gasteiger partial charge on any atom is 0.227 e. The molecule has 2 rings (SSSR count). The highest BCUT2D eigenvalue weighted by Gasteiger charge is 2.18. The number of rotatable bonds is 5. The molecule has 6 nitrogen and oxygen atoms in total. The summed E-state index contributed by atoms with van der Waals surface area (Å²) in [5.41, 5.74) is 0. The highest BCUT2D eigenvalue weighted by Crippen LogP contribution is 2.11. The Morgan fingerprint density at radius 2 is 2.05 bits per heavy atom. The zero-order valence-corrected chi connectivity index (χ0v) is 12.3. The van der Waals surface area contributed by atoms with E-state index in [2.05, 4.69) is 16.8 Å². The minimum atomic E-state index is -3.25. The highest BCUT2D eigenvalue weighted by atomic mass is 32.2. The van der Waals surface area contributed by atoms with E-state index >= 15 is 0 Å². The molecule has 0 N–H and O–H groups in total. The summed E-state index contributed by atoms with van der Waals surface area (Å²) in [6.45, 7) is 7.21. The number of hydrogen-bond acceptors (Lipinski definition) is 5. The van der Waals surface area contributed by atoms with E-state index in [9.17, 15) is 8.42 Å². The van der Waals surface area contributed by atoms with Gasteiger partial charge < -0.3 is 9.30 Å². The van der Waals surface area contributed by atoms with Gasteiger partial charge in [0.05, 0.1) is 13.2 Å². The van der Waals surface area contributed by atoms with Crippen molar-refractivity contribution < 1.29 is 13.2 Å². The molecule has 1 atom stereocenters. The molecule has 1 saturated heterocycles. The van der Waals surface area contributed by atoms with Gasteiger partial charge in [-0.2, -0.15) is 0 Å². The summed E-state index contributed by atoms with van der Waals surface area (Å²) in [6.07, 6.45) is 4.46. The Kier molecular flexibility index (Phi) is 4.59. The van der Waals surface area contributed by atoms with Crippen molar-refractivity contribution in [1.82, 2.24) is 14.5 Å². The first-order valence-corrected chi connectivity index (χ1v) is 8.37. The molecule has 1 aromatic rings. The van der Waals surface area contributed by atoms with Crippen molar-refractivity contribution in [2.45, 2.75) is 18.6 Å². The number of nitrogens with zero attached hydrogens (tertiary/aromatic N) is 3. The summed E-state index contributed by atoms with van der Waals surface area (Å²) < 4.78 is 30.2. The number of morpholine rings is 1. The van der Waals surface area contributed by atoms with E-state index < -0.39 is 9.84 Å². The molecule has 1 aliphatic heterocycles. The van der Waals surface area contributed by atoms with Crippen LogP contribution in [0.3, 0.4) is 0 Å². The molecule has 2 heterocycles. The Morgan fingerprint density at radius 3 is 2.68 bits per heavy atom. The van der Waals surface area contributed by atoms with Crippen molar-refractivity contribution >= 4 is 9.84 Å². The van der Waals surface area contributed by atoms with Crippen LogP contribution in [-0.4, -0.2) is 62.0 Å². The van der Waals surface area contributed by atoms with E-state index in [0.717, 1.165) is 32.8 Å². The monoisotopic (exact) mass is 287 g/mol. The lowest BCUT2D eigenvalue weighted by molar-refractivity contribution is 0.0305. The van der Waals surface area contributed by atoms with E-state index in [1.807, 2.05) is 0 Å². The van der Waals surface area contributed by atoms with E-state index in [-0.39, 0.29) is 5.16 Å². The molecule has 1 aromatic heterocycles. The third-order valence-electron chi connectivity index (χ3n) is 3.19. The second-order valence-electron chi connectivity index (χ2n) is 5.15. The summed E-state index contributed by atoms with van der Waals surface area (Å²) in [4.78, 5) is 6.28. The molecule has 0 aliphatic carbocycles. The smallest absolute Gasteiger partial charge is 0.227 e. The van der Waals surface area contributed by atoms with Gasteiger partial charge in [-0.15, -0.1) is 0 Å². The van der Waals surface area contributed by atoms with Gasteiger partial charge in [0.2, 0.25) is 15.0 Å². The summed E-state index contributed by atoms with van der Waals surface area (Å²) in [5.74, 6) is 0.368. The first kappa shape index (κ1) is 14.5. The molecular formula is C12H21N3O3S. The quantitative estimate of drug-likeness (QED) is 0.777. The van der Waals surface area contributed by atoms with Crippen LogP contribution in [0.25, 0.3) is 0 Å². The lowest BCUT2D eigenvalue weighted by Crippen LogP contribution is -2.39. The number of ether oxygens (including phenoxy) is 1. The summed E-state index contributed by atoms with van der Waals surface area (Å²) >= 11 is 0. The molecule has 108 valence electrons. The average molecular weight is 287 g/mol. The van der Waals surface area contributed by atoms with Crippen molar-refractivity contribution in [2.75, 3.05) is 39.1 Å². The predicted molar refractivity (Wildman–Crippen MR) is 71.8 cm³/mol. The molecular weight excluding hydrogens is 266 g/mol. The SMILES string of the molecule is CC(CN1CCOCC1)Cn1ccnc1S(C)(=O)=O. The van der Waals surface area contributed by atoms with Crippen LogP contribution < -0.4 is 0 Å². The third kappa shape index (κ3) is 4.02. The summed E-state index contributed by atoms with van der Waals surface area (Å²) in [5, 5.41) is 0.154. The van der Waals surface area contributed by atoms with Crippen LogP contribution in [0.2, 0.25) is 0 Å². The maximum atomic E-state index is 11.6. The fraction of sp³-hybridized carbons (Fsp3) is 0.750. The number of sulfone groups is 1. The Balaban J connectivity index is 1.95. The first-order chi connectivity index (χ1) is 8.97. The Hall–Kier alpha value is -0.920. The van der Waals surface area contributed by atoms with E-state index in [0.29, 0.717) is 12.5 Å². The molecule has 0 bridgehead atoms. The molecule has 1 unspecified atom stereocenters. The second-order valence-corrected chi connectivity index (χ2v) is 7.06.